The van der Waals surface area contributed by atoms with E-state index < -0.39 is 11.6 Å². The van der Waals surface area contributed by atoms with Crippen LogP contribution in [0, 0.1) is 18.6 Å². The molecule has 0 saturated carbocycles. The molecule has 4 heteroatoms. The first-order valence-electron chi connectivity index (χ1n) is 5.16. The van der Waals surface area contributed by atoms with E-state index in [0.717, 1.165) is 6.07 Å². The summed E-state index contributed by atoms with van der Waals surface area (Å²) in [7, 11) is 0. The Hall–Kier alpha value is -1.45. The number of rotatable bonds is 0. The van der Waals surface area contributed by atoms with E-state index in [2.05, 4.69) is 4.98 Å². The number of halogens is 2. The topological polar surface area (TPSA) is 17.8 Å². The van der Waals surface area contributed by atoms with Gasteiger partial charge < -0.3 is 4.57 Å². The van der Waals surface area contributed by atoms with Crippen molar-refractivity contribution in [1.82, 2.24) is 9.55 Å². The van der Waals surface area contributed by atoms with Gasteiger partial charge in [-0.05, 0) is 39.8 Å². The third-order valence-corrected chi connectivity index (χ3v) is 2.55. The van der Waals surface area contributed by atoms with Crippen LogP contribution in [0.5, 0.6) is 0 Å². The Kier molecular flexibility index (Phi) is 2.26. The molecule has 2 nitrogen and oxygen atoms in total. The Labute approximate surface area is 92.9 Å². The Morgan fingerprint density at radius 1 is 1.19 bits per heavy atom. The second-order valence-corrected chi connectivity index (χ2v) is 4.89. The van der Waals surface area contributed by atoms with Gasteiger partial charge in [-0.2, -0.15) is 0 Å². The quantitative estimate of drug-likeness (QED) is 0.670. The molecule has 16 heavy (non-hydrogen) atoms. The highest BCUT2D eigenvalue weighted by Gasteiger charge is 2.23. The number of hydrogen-bond acceptors (Lipinski definition) is 1. The maximum atomic E-state index is 13.8. The molecule has 0 unspecified atom stereocenters. The predicted molar refractivity (Wildman–Crippen MR) is 59.4 cm³/mol. The van der Waals surface area contributed by atoms with Crippen LogP contribution < -0.4 is 0 Å². The zero-order valence-corrected chi connectivity index (χ0v) is 9.81. The van der Waals surface area contributed by atoms with E-state index in [0.29, 0.717) is 11.3 Å². The molecule has 0 atom stereocenters. The van der Waals surface area contributed by atoms with E-state index in [1.165, 1.54) is 6.07 Å². The number of benzene rings is 1. The number of fused-ring (bicyclic) bond motifs is 1. The molecule has 1 aromatic heterocycles. The average Bonchev–Trinajstić information content (AvgIpc) is 2.48. The molecular weight excluding hydrogens is 210 g/mol. The van der Waals surface area contributed by atoms with E-state index >= 15 is 0 Å². The maximum Gasteiger partial charge on any atom is 0.184 e. The van der Waals surface area contributed by atoms with E-state index in [-0.39, 0.29) is 11.1 Å². The lowest BCUT2D eigenvalue weighted by Gasteiger charge is -2.23. The molecule has 0 bridgehead atoms. The molecule has 0 amide bonds. The van der Waals surface area contributed by atoms with Gasteiger partial charge in [0, 0.05) is 5.54 Å². The second kappa shape index (κ2) is 3.27. The molecule has 0 aliphatic rings. The third-order valence-electron chi connectivity index (χ3n) is 2.55. The van der Waals surface area contributed by atoms with Gasteiger partial charge in [0.25, 0.3) is 0 Å². The summed E-state index contributed by atoms with van der Waals surface area (Å²) in [5.74, 6) is -0.974. The van der Waals surface area contributed by atoms with Gasteiger partial charge in [0.2, 0.25) is 0 Å². The number of imidazole rings is 1. The summed E-state index contributed by atoms with van der Waals surface area (Å²) in [5.41, 5.74) is 0.407. The molecular formula is C12H14F2N2. The zero-order valence-electron chi connectivity index (χ0n) is 9.81. The number of nitrogens with zero attached hydrogens (tertiary/aromatic N) is 2. The second-order valence-electron chi connectivity index (χ2n) is 4.89. The van der Waals surface area contributed by atoms with Gasteiger partial charge in [0.1, 0.15) is 11.3 Å². The summed E-state index contributed by atoms with van der Waals surface area (Å²) >= 11 is 0. The summed E-state index contributed by atoms with van der Waals surface area (Å²) in [5, 5.41) is 0. The van der Waals surface area contributed by atoms with Crippen LogP contribution in [0.15, 0.2) is 12.1 Å². The molecule has 1 aromatic carbocycles. The zero-order chi connectivity index (χ0) is 12.1. The van der Waals surface area contributed by atoms with Crippen molar-refractivity contribution in [3.63, 3.8) is 0 Å². The van der Waals surface area contributed by atoms with Crippen molar-refractivity contribution in [2.24, 2.45) is 0 Å². The molecule has 0 aliphatic carbocycles. The van der Waals surface area contributed by atoms with Gasteiger partial charge in [-0.25, -0.2) is 13.8 Å². The summed E-state index contributed by atoms with van der Waals surface area (Å²) in [6.45, 7) is 7.60. The van der Waals surface area contributed by atoms with Crippen LogP contribution in [0.25, 0.3) is 11.0 Å². The highest BCUT2D eigenvalue weighted by atomic mass is 19.2. The first-order chi connectivity index (χ1) is 7.32. The van der Waals surface area contributed by atoms with Crippen molar-refractivity contribution >= 4 is 11.0 Å². The van der Waals surface area contributed by atoms with Gasteiger partial charge in [-0.15, -0.1) is 0 Å². The van der Waals surface area contributed by atoms with Gasteiger partial charge in [0.15, 0.2) is 11.6 Å². The van der Waals surface area contributed by atoms with Crippen LogP contribution in [-0.2, 0) is 5.54 Å². The Morgan fingerprint density at radius 2 is 1.81 bits per heavy atom. The van der Waals surface area contributed by atoms with Crippen molar-refractivity contribution in [1.29, 1.82) is 0 Å². The predicted octanol–water partition coefficient (Wildman–Crippen LogP) is 3.38. The summed E-state index contributed by atoms with van der Waals surface area (Å²) in [6.07, 6.45) is 0. The third kappa shape index (κ3) is 1.49. The normalized spacial score (nSPS) is 12.4. The largest absolute Gasteiger partial charge is 0.320 e. The minimum atomic E-state index is -0.835. The highest BCUT2D eigenvalue weighted by molar-refractivity contribution is 5.77. The van der Waals surface area contributed by atoms with Crippen LogP contribution >= 0.6 is 0 Å². The Morgan fingerprint density at radius 3 is 2.38 bits per heavy atom. The van der Waals surface area contributed by atoms with Gasteiger partial charge in [-0.3, -0.25) is 0 Å². The van der Waals surface area contributed by atoms with Crippen molar-refractivity contribution in [3.05, 3.63) is 29.6 Å². The molecule has 1 heterocycles. The van der Waals surface area contributed by atoms with Crippen molar-refractivity contribution in [2.45, 2.75) is 33.2 Å². The first kappa shape index (κ1) is 11.0. The molecule has 0 radical (unpaired) electrons. The first-order valence-corrected chi connectivity index (χ1v) is 5.16. The van der Waals surface area contributed by atoms with Crippen LogP contribution in [0.2, 0.25) is 0 Å². The Bertz CT molecular complexity index is 550. The smallest absolute Gasteiger partial charge is 0.184 e. The number of hydrogen-bond donors (Lipinski definition) is 0. The van der Waals surface area contributed by atoms with E-state index in [1.807, 2.05) is 20.8 Å². The fourth-order valence-corrected chi connectivity index (χ4v) is 2.04. The SMILES string of the molecule is Cc1nc2ccc(F)c(F)c2n1C(C)(C)C. The molecule has 0 fully saturated rings. The molecule has 0 aliphatic heterocycles. The molecule has 2 aromatic rings. The van der Waals surface area contributed by atoms with Gasteiger partial charge in [0.05, 0.1) is 5.52 Å². The van der Waals surface area contributed by atoms with Gasteiger partial charge in [-0.1, -0.05) is 0 Å². The van der Waals surface area contributed by atoms with E-state index in [1.54, 1.807) is 11.5 Å². The lowest BCUT2D eigenvalue weighted by Crippen LogP contribution is -2.23. The lowest BCUT2D eigenvalue weighted by molar-refractivity contribution is 0.393. The van der Waals surface area contributed by atoms with Crippen LogP contribution in [-0.4, -0.2) is 9.55 Å². The molecule has 86 valence electrons. The Balaban J connectivity index is 2.93. The minimum absolute atomic E-state index is 0.241. The van der Waals surface area contributed by atoms with Crippen LogP contribution in [0.4, 0.5) is 8.78 Å². The molecule has 0 N–H and O–H groups in total. The summed E-state index contributed by atoms with van der Waals surface area (Å²) in [4.78, 5) is 4.24. The highest BCUT2D eigenvalue weighted by Crippen LogP contribution is 2.27. The molecule has 0 saturated heterocycles. The molecule has 0 spiro atoms. The molecule has 2 rings (SSSR count). The number of aryl methyl sites for hydroxylation is 1. The number of aromatic nitrogens is 2. The van der Waals surface area contributed by atoms with Crippen molar-refractivity contribution in [3.8, 4) is 0 Å². The fraction of sp³-hybridized carbons (Fsp3) is 0.417. The monoisotopic (exact) mass is 224 g/mol. The fourth-order valence-electron chi connectivity index (χ4n) is 2.04. The lowest BCUT2D eigenvalue weighted by atomic mass is 10.1. The van der Waals surface area contributed by atoms with Crippen molar-refractivity contribution in [2.75, 3.05) is 0 Å². The van der Waals surface area contributed by atoms with Gasteiger partial charge >= 0.3 is 0 Å². The van der Waals surface area contributed by atoms with E-state index in [9.17, 15) is 8.78 Å². The summed E-state index contributed by atoms with van der Waals surface area (Å²) < 4.78 is 28.7. The summed E-state index contributed by atoms with van der Waals surface area (Å²) in [6, 6.07) is 2.61. The van der Waals surface area contributed by atoms with Crippen LogP contribution in [0.1, 0.15) is 26.6 Å². The minimum Gasteiger partial charge on any atom is -0.320 e. The van der Waals surface area contributed by atoms with E-state index in [4.69, 9.17) is 0 Å². The van der Waals surface area contributed by atoms with Crippen LogP contribution in [0.3, 0.4) is 0 Å². The maximum absolute atomic E-state index is 13.8. The average molecular weight is 224 g/mol. The standard InChI is InChI=1S/C12H14F2N2/c1-7-15-9-6-5-8(13)10(14)11(9)16(7)12(2,3)4/h5-6H,1-4H3. The van der Waals surface area contributed by atoms with Crippen molar-refractivity contribution < 1.29 is 8.78 Å².